The van der Waals surface area contributed by atoms with E-state index >= 15 is 0 Å². The maximum Gasteiger partial charge on any atom is 0.318 e. The minimum absolute atomic E-state index is 0.178. The van der Waals surface area contributed by atoms with E-state index in [1.807, 2.05) is 30.3 Å². The second-order valence-corrected chi connectivity index (χ2v) is 8.49. The van der Waals surface area contributed by atoms with Crippen molar-refractivity contribution < 1.29 is 14.7 Å². The summed E-state index contributed by atoms with van der Waals surface area (Å²) in [5, 5.41) is 12.8. The molecule has 0 aromatic heterocycles. The number of hydrogen-bond donors (Lipinski definition) is 2. The Morgan fingerprint density at radius 1 is 1.03 bits per heavy atom. The molecule has 0 radical (unpaired) electrons. The molecule has 1 heterocycles. The van der Waals surface area contributed by atoms with E-state index in [9.17, 15) is 14.7 Å². The number of rotatable bonds is 6. The van der Waals surface area contributed by atoms with Crippen LogP contribution >= 0.6 is 22.6 Å². The number of benzene rings is 2. The number of hydrogen-bond acceptors (Lipinski definition) is 4. The molecule has 2 aromatic carbocycles. The van der Waals surface area contributed by atoms with Gasteiger partial charge in [0.25, 0.3) is 0 Å². The first-order chi connectivity index (χ1) is 13.9. The quantitative estimate of drug-likeness (QED) is 0.590. The van der Waals surface area contributed by atoms with Gasteiger partial charge in [-0.1, -0.05) is 30.3 Å². The Labute approximate surface area is 185 Å². The van der Waals surface area contributed by atoms with Crippen LogP contribution in [0.4, 0.5) is 10.5 Å². The van der Waals surface area contributed by atoms with Crippen LogP contribution < -0.4 is 10.2 Å². The number of piperazine rings is 1. The molecule has 29 heavy (non-hydrogen) atoms. The Morgan fingerprint density at radius 2 is 1.66 bits per heavy atom. The van der Waals surface area contributed by atoms with Crippen LogP contribution in [0, 0.1) is 3.57 Å². The minimum atomic E-state index is -0.955. The van der Waals surface area contributed by atoms with Crippen molar-refractivity contribution in [1.82, 2.24) is 10.2 Å². The van der Waals surface area contributed by atoms with Crippen LogP contribution in [-0.2, 0) is 11.2 Å². The van der Waals surface area contributed by atoms with Crippen LogP contribution in [-0.4, -0.2) is 60.1 Å². The largest absolute Gasteiger partial charge is 0.391 e. The number of urea groups is 1. The van der Waals surface area contributed by atoms with Crippen LogP contribution in [0.15, 0.2) is 54.6 Å². The summed E-state index contributed by atoms with van der Waals surface area (Å²) in [5.41, 5.74) is 2.01. The number of nitrogens with zero attached hydrogens (tertiary/aromatic N) is 2. The molecule has 0 saturated carbocycles. The first-order valence-corrected chi connectivity index (χ1v) is 10.8. The van der Waals surface area contributed by atoms with Gasteiger partial charge >= 0.3 is 6.03 Å². The van der Waals surface area contributed by atoms with Gasteiger partial charge in [0.15, 0.2) is 5.78 Å². The molecule has 3 rings (SSSR count). The van der Waals surface area contributed by atoms with E-state index in [-0.39, 0.29) is 18.2 Å². The van der Waals surface area contributed by atoms with Crippen molar-refractivity contribution in [3.63, 3.8) is 0 Å². The molecule has 1 fully saturated rings. The van der Waals surface area contributed by atoms with E-state index in [2.05, 4.69) is 57.1 Å². The van der Waals surface area contributed by atoms with Crippen molar-refractivity contribution in [2.45, 2.75) is 25.5 Å². The van der Waals surface area contributed by atoms with Gasteiger partial charge in [0, 0.05) is 41.9 Å². The fourth-order valence-corrected chi connectivity index (χ4v) is 3.78. The Bertz CT molecular complexity index is 819. The molecule has 2 atom stereocenters. The monoisotopic (exact) mass is 507 g/mol. The van der Waals surface area contributed by atoms with E-state index < -0.39 is 12.1 Å². The zero-order valence-corrected chi connectivity index (χ0v) is 18.6. The molecule has 1 aliphatic rings. The van der Waals surface area contributed by atoms with E-state index in [4.69, 9.17) is 0 Å². The van der Waals surface area contributed by atoms with E-state index in [1.54, 1.807) is 4.90 Å². The Balaban J connectivity index is 1.55. The van der Waals surface area contributed by atoms with Gasteiger partial charge in [0.05, 0.1) is 6.10 Å². The maximum atomic E-state index is 12.7. The van der Waals surface area contributed by atoms with Crippen LogP contribution in [0.25, 0.3) is 0 Å². The van der Waals surface area contributed by atoms with Gasteiger partial charge < -0.3 is 20.2 Å². The average molecular weight is 507 g/mol. The number of anilines is 1. The molecular formula is C22H26IN3O3. The summed E-state index contributed by atoms with van der Waals surface area (Å²) >= 11 is 2.28. The number of aliphatic hydroxyl groups excluding tert-OH is 1. The molecule has 154 valence electrons. The number of nitrogens with one attached hydrogen (secondary N) is 1. The standard InChI is InChI=1S/C22H26IN3O3/c1-16(27)21(20(28)15-17-5-3-2-4-6-17)24-22(29)26-13-11-25(12-14-26)19-9-7-18(23)8-10-19/h2-10,16,21,27H,11-15H2,1H3,(H,24,29)/t16-,21+/m1/s1. The molecule has 2 aromatic rings. The lowest BCUT2D eigenvalue weighted by Crippen LogP contribution is -2.57. The predicted molar refractivity (Wildman–Crippen MR) is 122 cm³/mol. The number of Topliss-reactive ketones (excluding diaryl/α,β-unsaturated/α-hetero) is 1. The lowest BCUT2D eigenvalue weighted by Gasteiger charge is -2.37. The van der Waals surface area contributed by atoms with Gasteiger partial charge in [0.2, 0.25) is 0 Å². The summed E-state index contributed by atoms with van der Waals surface area (Å²) in [6.45, 7) is 4.12. The summed E-state index contributed by atoms with van der Waals surface area (Å²) in [5.74, 6) is -0.197. The number of carbonyl (C=O) groups excluding carboxylic acids is 2. The molecule has 1 aliphatic heterocycles. The minimum Gasteiger partial charge on any atom is -0.391 e. The van der Waals surface area contributed by atoms with E-state index in [0.29, 0.717) is 13.1 Å². The second-order valence-electron chi connectivity index (χ2n) is 7.25. The number of carbonyl (C=O) groups is 2. The van der Waals surface area contributed by atoms with Crippen molar-refractivity contribution >= 4 is 40.1 Å². The molecule has 0 unspecified atom stereocenters. The number of amides is 2. The maximum absolute atomic E-state index is 12.7. The molecule has 2 amide bonds. The summed E-state index contributed by atoms with van der Waals surface area (Å²) in [7, 11) is 0. The molecule has 1 saturated heterocycles. The topological polar surface area (TPSA) is 72.9 Å². The Kier molecular flexibility index (Phi) is 7.49. The summed E-state index contributed by atoms with van der Waals surface area (Å²) in [6.07, 6.45) is -0.777. The highest BCUT2D eigenvalue weighted by atomic mass is 127. The third-order valence-electron chi connectivity index (χ3n) is 5.09. The van der Waals surface area contributed by atoms with E-state index in [0.717, 1.165) is 24.3 Å². The number of ketones is 1. The lowest BCUT2D eigenvalue weighted by molar-refractivity contribution is -0.122. The predicted octanol–water partition coefficient (Wildman–Crippen LogP) is 2.68. The van der Waals surface area contributed by atoms with Crippen molar-refractivity contribution in [2.24, 2.45) is 0 Å². The SMILES string of the molecule is C[C@@H](O)[C@H](NC(=O)N1CCN(c2ccc(I)cc2)CC1)C(=O)Cc1ccccc1. The first-order valence-electron chi connectivity index (χ1n) is 9.74. The first kappa shape index (κ1) is 21.6. The van der Waals surface area contributed by atoms with Gasteiger partial charge in [-0.2, -0.15) is 0 Å². The Hall–Kier alpha value is -2.13. The third-order valence-corrected chi connectivity index (χ3v) is 5.81. The van der Waals surface area contributed by atoms with Gasteiger partial charge in [-0.05, 0) is 59.3 Å². The van der Waals surface area contributed by atoms with Gasteiger partial charge in [0.1, 0.15) is 6.04 Å². The average Bonchev–Trinajstić information content (AvgIpc) is 2.73. The Morgan fingerprint density at radius 3 is 2.24 bits per heavy atom. The summed E-state index contributed by atoms with van der Waals surface area (Å²) < 4.78 is 1.19. The highest BCUT2D eigenvalue weighted by molar-refractivity contribution is 14.1. The highest BCUT2D eigenvalue weighted by Crippen LogP contribution is 2.18. The normalized spacial score (nSPS) is 16.2. The zero-order chi connectivity index (χ0) is 20.8. The fraction of sp³-hybridized carbons (Fsp3) is 0.364. The fourth-order valence-electron chi connectivity index (χ4n) is 3.42. The highest BCUT2D eigenvalue weighted by Gasteiger charge is 2.29. The number of aliphatic hydroxyl groups is 1. The summed E-state index contributed by atoms with van der Waals surface area (Å²) in [6, 6.07) is 16.4. The van der Waals surface area contributed by atoms with Crippen LogP contribution in [0.1, 0.15) is 12.5 Å². The molecular weight excluding hydrogens is 481 g/mol. The van der Waals surface area contributed by atoms with Crippen molar-refractivity contribution in [3.05, 3.63) is 63.7 Å². The molecule has 0 aliphatic carbocycles. The molecule has 7 heteroatoms. The molecule has 6 nitrogen and oxygen atoms in total. The summed E-state index contributed by atoms with van der Waals surface area (Å²) in [4.78, 5) is 29.3. The van der Waals surface area contributed by atoms with Gasteiger partial charge in [-0.15, -0.1) is 0 Å². The molecule has 2 N–H and O–H groups in total. The van der Waals surface area contributed by atoms with Crippen molar-refractivity contribution in [2.75, 3.05) is 31.1 Å². The van der Waals surface area contributed by atoms with Crippen LogP contribution in [0.3, 0.4) is 0 Å². The van der Waals surface area contributed by atoms with Gasteiger partial charge in [-0.25, -0.2) is 4.79 Å². The third kappa shape index (κ3) is 5.93. The lowest BCUT2D eigenvalue weighted by atomic mass is 10.0. The van der Waals surface area contributed by atoms with Crippen LogP contribution in [0.2, 0.25) is 0 Å². The number of halogens is 1. The molecule has 0 bridgehead atoms. The van der Waals surface area contributed by atoms with Crippen molar-refractivity contribution in [1.29, 1.82) is 0 Å². The smallest absolute Gasteiger partial charge is 0.318 e. The van der Waals surface area contributed by atoms with E-state index in [1.165, 1.54) is 10.5 Å². The van der Waals surface area contributed by atoms with Crippen LogP contribution in [0.5, 0.6) is 0 Å². The van der Waals surface area contributed by atoms with Gasteiger partial charge in [-0.3, -0.25) is 4.79 Å². The zero-order valence-electron chi connectivity index (χ0n) is 16.4. The van der Waals surface area contributed by atoms with Crippen molar-refractivity contribution in [3.8, 4) is 0 Å². The molecule has 0 spiro atoms. The second kappa shape index (κ2) is 10.1.